The van der Waals surface area contributed by atoms with E-state index < -0.39 is 60.6 Å². The van der Waals surface area contributed by atoms with Crippen LogP contribution in [0.15, 0.2) is 61.1 Å². The molecule has 2 aliphatic rings. The predicted octanol–water partition coefficient (Wildman–Crippen LogP) is 4.76. The van der Waals surface area contributed by atoms with Crippen molar-refractivity contribution in [3.63, 3.8) is 0 Å². The Kier molecular flexibility index (Phi) is 11.2. The lowest BCUT2D eigenvalue weighted by molar-refractivity contribution is -0.140. The maximum atomic E-state index is 14.0. The average Bonchev–Trinajstić information content (AvgIpc) is 3.65. The van der Waals surface area contributed by atoms with Gasteiger partial charge in [-0.2, -0.15) is 8.42 Å². The molecule has 0 bridgehead atoms. The second kappa shape index (κ2) is 15.3. The second-order valence-corrected chi connectivity index (χ2v) is 16.6. The first kappa shape index (κ1) is 38.0. The van der Waals surface area contributed by atoms with Crippen LogP contribution in [0.3, 0.4) is 0 Å². The van der Waals surface area contributed by atoms with Crippen LogP contribution in [0.2, 0.25) is 5.02 Å². The minimum absolute atomic E-state index is 0.171. The van der Waals surface area contributed by atoms with Crippen molar-refractivity contribution in [2.45, 2.75) is 44.2 Å². The number of fused-ring (bicyclic) bond motifs is 1. The van der Waals surface area contributed by atoms with Gasteiger partial charge in [-0.3, -0.25) is 23.6 Å². The molecule has 52 heavy (non-hydrogen) atoms. The van der Waals surface area contributed by atoms with E-state index in [1.807, 2.05) is 25.1 Å². The van der Waals surface area contributed by atoms with Crippen molar-refractivity contribution < 1.29 is 50.9 Å². The molecule has 1 aliphatic carbocycles. The molecule has 1 unspecified atom stereocenters. The molecule has 1 aliphatic heterocycles. The summed E-state index contributed by atoms with van der Waals surface area (Å²) >= 11 is 7.62. The third-order valence-electron chi connectivity index (χ3n) is 9.16. The van der Waals surface area contributed by atoms with Gasteiger partial charge in [0.1, 0.15) is 24.0 Å². The number of carboxylic acid groups (broad SMARTS) is 1. The number of rotatable bonds is 13. The van der Waals surface area contributed by atoms with Crippen molar-refractivity contribution in [1.29, 1.82) is 0 Å². The van der Waals surface area contributed by atoms with Gasteiger partial charge in [-0.15, -0.1) is 11.3 Å². The van der Waals surface area contributed by atoms with Crippen molar-refractivity contribution in [1.82, 2.24) is 9.97 Å². The number of benzene rings is 2. The zero-order chi connectivity index (χ0) is 37.4. The van der Waals surface area contributed by atoms with Crippen LogP contribution in [0.4, 0.5) is 5.82 Å². The highest BCUT2D eigenvalue weighted by Gasteiger charge is 2.44. The Morgan fingerprint density at radius 2 is 1.90 bits per heavy atom. The number of ketones is 1. The number of aromatic nitrogens is 2. The minimum atomic E-state index is -4.85. The van der Waals surface area contributed by atoms with Gasteiger partial charge in [0.15, 0.2) is 0 Å². The van der Waals surface area contributed by atoms with Crippen molar-refractivity contribution in [3.05, 3.63) is 104 Å². The molecule has 2 aromatic carbocycles. The van der Waals surface area contributed by atoms with Crippen molar-refractivity contribution in [2.24, 2.45) is 17.0 Å². The average molecular weight is 793 g/mol. The van der Waals surface area contributed by atoms with Crippen LogP contribution in [0.25, 0.3) is 0 Å². The van der Waals surface area contributed by atoms with Gasteiger partial charge < -0.3 is 19.7 Å². The van der Waals surface area contributed by atoms with Gasteiger partial charge in [-0.05, 0) is 90.6 Å². The predicted molar refractivity (Wildman–Crippen MR) is 190 cm³/mol. The normalized spacial score (nSPS) is 20.9. The topological polar surface area (TPSA) is 238 Å². The number of aliphatic carboxylic acids is 1. The van der Waals surface area contributed by atoms with Crippen molar-refractivity contribution >= 4 is 58.6 Å². The van der Waals surface area contributed by atoms with Crippen molar-refractivity contribution in [2.75, 3.05) is 18.5 Å². The molecule has 6 rings (SSSR count). The van der Waals surface area contributed by atoms with Crippen LogP contribution >= 0.6 is 30.8 Å². The number of hydrogen-bond acceptors (Lipinski definition) is 12. The van der Waals surface area contributed by atoms with E-state index in [0.717, 1.165) is 28.0 Å². The molecule has 0 spiro atoms. The number of carboxylic acids is 1. The van der Waals surface area contributed by atoms with E-state index in [0.29, 0.717) is 16.5 Å². The molecule has 1 saturated carbocycles. The fourth-order valence-corrected chi connectivity index (χ4v) is 8.92. The first-order valence-corrected chi connectivity index (χ1v) is 20.1. The molecule has 19 heteroatoms. The van der Waals surface area contributed by atoms with E-state index in [1.165, 1.54) is 48.1 Å². The highest BCUT2D eigenvalue weighted by Crippen LogP contribution is 2.45. The number of nitrogens with two attached hydrogens (primary N) is 1. The van der Waals surface area contributed by atoms with Crippen LogP contribution in [0, 0.1) is 18.8 Å². The number of hydrogen-bond donors (Lipinski definition) is 5. The lowest BCUT2D eigenvalue weighted by atomic mass is 9.80. The van der Waals surface area contributed by atoms with Gasteiger partial charge in [0.05, 0.1) is 29.6 Å². The molecule has 6 N–H and O–H groups in total. The van der Waals surface area contributed by atoms with Crippen LogP contribution in [-0.4, -0.2) is 64.3 Å². The fourth-order valence-electron chi connectivity index (χ4n) is 6.98. The smallest absolute Gasteiger partial charge is 0.481 e. The Balaban J connectivity index is 1.25. The molecule has 15 nitrogen and oxygen atoms in total. The summed E-state index contributed by atoms with van der Waals surface area (Å²) < 4.78 is 50.4. The number of carbonyl (C=O) groups is 2. The number of phosphoric ester groups is 1. The van der Waals surface area contributed by atoms with Crippen LogP contribution in [-0.2, 0) is 35.0 Å². The van der Waals surface area contributed by atoms with Crippen LogP contribution < -0.4 is 15.0 Å². The number of aryl methyl sites for hydroxylation is 1. The monoisotopic (exact) mass is 792 g/mol. The highest BCUT2D eigenvalue weighted by atomic mass is 35.5. The Morgan fingerprint density at radius 3 is 2.60 bits per heavy atom. The standard InChI is InChI=1S/C33H34ClN4O11PS2/c1-17-24(31-26-11-21(34)5-2-18(26)8-9-47-31)13-28(51-17)30(39)27-14-36-16-37-32(27)38-22-10-20(15-48-52(35,45)46)25(12-22)29(33(40)41)19-3-6-23(7-4-19)49-50(42,43)44/h2-7,11,13-14,16,20,22,25,29,31H,8-10,12,15H2,1H3,(H,40,41)(H2,35,45,46)(H,36,37,38)(H2,42,43,44)/t20?,22-,25-,29-,31-/m0/s1. The maximum absolute atomic E-state index is 14.0. The number of nitrogens with one attached hydrogen (secondary N) is 1. The number of phosphoric acid groups is 1. The third-order valence-corrected chi connectivity index (χ3v) is 11.4. The maximum Gasteiger partial charge on any atom is 0.524 e. The fraction of sp³-hybridized carbons (Fsp3) is 0.333. The first-order chi connectivity index (χ1) is 24.6. The van der Waals surface area contributed by atoms with E-state index in [4.69, 9.17) is 35.4 Å². The van der Waals surface area contributed by atoms with Crippen molar-refractivity contribution in [3.8, 4) is 5.75 Å². The summed E-state index contributed by atoms with van der Waals surface area (Å²) in [4.78, 5) is 54.7. The van der Waals surface area contributed by atoms with Crippen LogP contribution in [0.5, 0.6) is 5.75 Å². The Labute approximate surface area is 307 Å². The molecule has 0 radical (unpaired) electrons. The van der Waals surface area contributed by atoms with Gasteiger partial charge >= 0.3 is 24.1 Å². The SMILES string of the molecule is Cc1sc(C(=O)c2cncnc2N[C@H]2CC(COS(N)(=O)=O)[C@@H]([C@@H](C(=O)O)c3ccc(OP(=O)(O)O)cc3)C2)cc1[C@@H]1OCCc2ccc(Cl)cc21. The van der Waals surface area contributed by atoms with E-state index in [1.54, 1.807) is 6.07 Å². The van der Waals surface area contributed by atoms with Gasteiger partial charge in [0.2, 0.25) is 5.78 Å². The summed E-state index contributed by atoms with van der Waals surface area (Å²) in [5.41, 5.74) is 3.39. The van der Waals surface area contributed by atoms with E-state index >= 15 is 0 Å². The quantitative estimate of drug-likeness (QED) is 0.0907. The number of ether oxygens (including phenoxy) is 1. The molecular weight excluding hydrogens is 759 g/mol. The molecular formula is C33H34ClN4O11PS2. The number of halogens is 1. The summed E-state index contributed by atoms with van der Waals surface area (Å²) in [6.07, 6.45) is 3.44. The molecule has 2 aromatic heterocycles. The molecule has 5 atom stereocenters. The van der Waals surface area contributed by atoms with Crippen LogP contribution in [0.1, 0.15) is 67.2 Å². The molecule has 0 saturated heterocycles. The highest BCUT2D eigenvalue weighted by molar-refractivity contribution is 7.84. The molecule has 1 fully saturated rings. The van der Waals surface area contributed by atoms with Gasteiger partial charge in [-0.25, -0.2) is 19.7 Å². The second-order valence-electron chi connectivity index (χ2n) is 12.6. The first-order valence-electron chi connectivity index (χ1n) is 15.9. The largest absolute Gasteiger partial charge is 0.524 e. The Bertz CT molecular complexity index is 2150. The van der Waals surface area contributed by atoms with E-state index in [9.17, 15) is 27.7 Å². The summed E-state index contributed by atoms with van der Waals surface area (Å²) in [6.45, 7) is 2.03. The summed E-state index contributed by atoms with van der Waals surface area (Å²) in [5.74, 6) is -4.06. The number of carbonyl (C=O) groups excluding carboxylic acids is 1. The zero-order valence-electron chi connectivity index (χ0n) is 27.4. The Morgan fingerprint density at radius 1 is 1.15 bits per heavy atom. The number of anilines is 1. The summed E-state index contributed by atoms with van der Waals surface area (Å²) in [6, 6.07) is 12.2. The molecule has 3 heterocycles. The summed E-state index contributed by atoms with van der Waals surface area (Å²) in [7, 11) is -9.21. The number of nitrogens with zero attached hydrogens (tertiary/aromatic N) is 2. The van der Waals surface area contributed by atoms with E-state index in [-0.39, 0.29) is 41.3 Å². The van der Waals surface area contributed by atoms with Gasteiger partial charge in [0, 0.05) is 22.1 Å². The third kappa shape index (κ3) is 8.87. The summed E-state index contributed by atoms with van der Waals surface area (Å²) in [5, 5.41) is 19.3. The Hall–Kier alpha value is -3.77. The van der Waals surface area contributed by atoms with E-state index in [2.05, 4.69) is 19.8 Å². The zero-order valence-corrected chi connectivity index (χ0v) is 30.7. The lowest BCUT2D eigenvalue weighted by Gasteiger charge is -2.26. The van der Waals surface area contributed by atoms with Gasteiger partial charge in [0.25, 0.3) is 0 Å². The molecule has 0 amide bonds. The minimum Gasteiger partial charge on any atom is -0.481 e. The molecule has 4 aromatic rings. The lowest BCUT2D eigenvalue weighted by Crippen LogP contribution is -2.29. The molecule has 276 valence electrons. The van der Waals surface area contributed by atoms with Gasteiger partial charge in [-0.1, -0.05) is 29.8 Å². The number of thiophene rings is 1.